The quantitative estimate of drug-likeness (QED) is 0.846. The molecular weight excluding hydrogens is 288 g/mol. The fraction of sp³-hybridized carbons (Fsp3) is 0.947. The van der Waals surface area contributed by atoms with Crippen LogP contribution in [0, 0.1) is 23.7 Å². The molecule has 0 aromatic rings. The first kappa shape index (κ1) is 15.9. The predicted octanol–water partition coefficient (Wildman–Crippen LogP) is 2.43. The van der Waals surface area contributed by atoms with Gasteiger partial charge >= 0.3 is 0 Å². The molecule has 23 heavy (non-hydrogen) atoms. The zero-order chi connectivity index (χ0) is 15.6. The molecule has 2 heterocycles. The van der Waals surface area contributed by atoms with E-state index in [1.807, 2.05) is 0 Å². The second-order valence-corrected chi connectivity index (χ2v) is 8.51. The molecule has 4 aliphatic rings. The molecule has 2 bridgehead atoms. The molecule has 0 aromatic carbocycles. The van der Waals surface area contributed by atoms with Gasteiger partial charge in [0.1, 0.15) is 0 Å². The summed E-state index contributed by atoms with van der Waals surface area (Å²) in [7, 11) is 0. The van der Waals surface area contributed by atoms with E-state index in [9.17, 15) is 4.79 Å². The van der Waals surface area contributed by atoms with Gasteiger partial charge in [-0.2, -0.15) is 0 Å². The van der Waals surface area contributed by atoms with Crippen LogP contribution in [0.5, 0.6) is 0 Å². The van der Waals surface area contributed by atoms with E-state index in [1.165, 1.54) is 38.6 Å². The lowest BCUT2D eigenvalue weighted by Crippen LogP contribution is -2.46. The summed E-state index contributed by atoms with van der Waals surface area (Å²) in [6.45, 7) is 5.34. The van der Waals surface area contributed by atoms with Crippen molar-refractivity contribution in [3.63, 3.8) is 0 Å². The molecule has 4 rings (SSSR count). The van der Waals surface area contributed by atoms with Crippen LogP contribution < -0.4 is 5.32 Å². The molecule has 4 nitrogen and oxygen atoms in total. The van der Waals surface area contributed by atoms with E-state index in [0.717, 1.165) is 63.3 Å². The first-order chi connectivity index (χ1) is 11.3. The molecule has 1 N–H and O–H groups in total. The van der Waals surface area contributed by atoms with Gasteiger partial charge in [0.05, 0.1) is 6.61 Å². The molecule has 0 spiro atoms. The Morgan fingerprint density at radius 3 is 2.61 bits per heavy atom. The van der Waals surface area contributed by atoms with Gasteiger partial charge in [-0.15, -0.1) is 0 Å². The Hall–Kier alpha value is -0.610. The first-order valence-electron chi connectivity index (χ1n) is 9.85. The van der Waals surface area contributed by atoms with Gasteiger partial charge in [-0.3, -0.25) is 4.79 Å². The highest BCUT2D eigenvalue weighted by Gasteiger charge is 2.40. The Labute approximate surface area is 140 Å². The Morgan fingerprint density at radius 2 is 1.96 bits per heavy atom. The van der Waals surface area contributed by atoms with Crippen LogP contribution in [0.4, 0.5) is 0 Å². The van der Waals surface area contributed by atoms with Crippen molar-refractivity contribution >= 4 is 5.91 Å². The zero-order valence-corrected chi connectivity index (χ0v) is 14.3. The van der Waals surface area contributed by atoms with Gasteiger partial charge < -0.3 is 15.0 Å². The maximum Gasteiger partial charge on any atom is 0.220 e. The predicted molar refractivity (Wildman–Crippen MR) is 90.1 cm³/mol. The average Bonchev–Trinajstić information content (AvgIpc) is 3.27. The van der Waals surface area contributed by atoms with Gasteiger partial charge in [-0.25, -0.2) is 0 Å². The van der Waals surface area contributed by atoms with E-state index < -0.39 is 0 Å². The number of nitrogens with zero attached hydrogens (tertiary/aromatic N) is 1. The number of likely N-dealkylation sites (tertiary alicyclic amines) is 1. The summed E-state index contributed by atoms with van der Waals surface area (Å²) in [6.07, 6.45) is 9.79. The molecule has 4 fully saturated rings. The van der Waals surface area contributed by atoms with Crippen molar-refractivity contribution in [3.05, 3.63) is 0 Å². The van der Waals surface area contributed by atoms with Crippen molar-refractivity contribution in [3.8, 4) is 0 Å². The molecule has 2 aliphatic carbocycles. The minimum Gasteiger partial charge on any atom is -0.381 e. The fourth-order valence-electron chi connectivity index (χ4n) is 5.50. The normalized spacial score (nSPS) is 38.3. The number of carbonyl (C=O) groups is 1. The third kappa shape index (κ3) is 3.90. The van der Waals surface area contributed by atoms with Gasteiger partial charge in [0.2, 0.25) is 5.91 Å². The standard InChI is InChI=1S/C19H32N2O2/c22-19(11-17-10-14-1-2-16(17)9-14)20-18-3-6-21(7-4-18)12-15-5-8-23-13-15/h14-18H,1-13H2,(H,20,22)/t14-,15+,16-,17-/m0/s1. The van der Waals surface area contributed by atoms with Crippen molar-refractivity contribution in [2.45, 2.75) is 57.4 Å². The molecule has 4 heteroatoms. The summed E-state index contributed by atoms with van der Waals surface area (Å²) in [6, 6.07) is 0.414. The number of hydrogen-bond donors (Lipinski definition) is 1. The third-order valence-electron chi connectivity index (χ3n) is 6.83. The maximum atomic E-state index is 12.4. The molecule has 0 aromatic heterocycles. The average molecular weight is 320 g/mol. The van der Waals surface area contributed by atoms with Gasteiger partial charge in [0, 0.05) is 38.7 Å². The van der Waals surface area contributed by atoms with E-state index in [1.54, 1.807) is 0 Å². The second-order valence-electron chi connectivity index (χ2n) is 8.51. The van der Waals surface area contributed by atoms with Crippen LogP contribution in [-0.2, 0) is 9.53 Å². The summed E-state index contributed by atoms with van der Waals surface area (Å²) in [5, 5.41) is 3.33. The lowest BCUT2D eigenvalue weighted by atomic mass is 9.86. The Morgan fingerprint density at radius 1 is 1.09 bits per heavy atom. The highest BCUT2D eigenvalue weighted by atomic mass is 16.5. The molecule has 2 saturated heterocycles. The molecule has 2 aliphatic heterocycles. The summed E-state index contributed by atoms with van der Waals surface area (Å²) < 4.78 is 5.47. The SMILES string of the molecule is O=C(C[C@@H]1C[C@H]2CC[C@H]1C2)NC1CCN(C[C@H]2CCOC2)CC1. The Balaban J connectivity index is 1.15. The minimum atomic E-state index is 0.324. The highest BCUT2D eigenvalue weighted by molar-refractivity contribution is 5.76. The Kier molecular flexibility index (Phi) is 4.91. The highest BCUT2D eigenvalue weighted by Crippen LogP contribution is 2.49. The molecule has 130 valence electrons. The van der Waals surface area contributed by atoms with Crippen molar-refractivity contribution < 1.29 is 9.53 Å². The molecule has 0 unspecified atom stereocenters. The van der Waals surface area contributed by atoms with E-state index in [2.05, 4.69) is 10.2 Å². The first-order valence-corrected chi connectivity index (χ1v) is 9.85. The monoisotopic (exact) mass is 320 g/mol. The minimum absolute atomic E-state index is 0.324. The van der Waals surface area contributed by atoms with Crippen LogP contribution in [0.2, 0.25) is 0 Å². The van der Waals surface area contributed by atoms with Crippen molar-refractivity contribution in [1.29, 1.82) is 0 Å². The number of rotatable bonds is 5. The molecule has 2 saturated carbocycles. The number of fused-ring (bicyclic) bond motifs is 2. The molecular formula is C19H32N2O2. The maximum absolute atomic E-state index is 12.4. The van der Waals surface area contributed by atoms with Crippen LogP contribution in [0.1, 0.15) is 51.4 Å². The second kappa shape index (κ2) is 7.10. The third-order valence-corrected chi connectivity index (χ3v) is 6.83. The number of hydrogen-bond acceptors (Lipinski definition) is 3. The van der Waals surface area contributed by atoms with Crippen LogP contribution in [-0.4, -0.2) is 49.7 Å². The largest absolute Gasteiger partial charge is 0.381 e. The van der Waals surface area contributed by atoms with Crippen molar-refractivity contribution in [2.24, 2.45) is 23.7 Å². The van der Waals surface area contributed by atoms with E-state index in [0.29, 0.717) is 17.9 Å². The summed E-state index contributed by atoms with van der Waals surface area (Å²) >= 11 is 0. The number of piperidine rings is 1. The summed E-state index contributed by atoms with van der Waals surface area (Å²) in [5.74, 6) is 3.56. The number of nitrogens with one attached hydrogen (secondary N) is 1. The van der Waals surface area contributed by atoms with E-state index in [-0.39, 0.29) is 0 Å². The molecule has 4 atom stereocenters. The zero-order valence-electron chi connectivity index (χ0n) is 14.3. The lowest BCUT2D eigenvalue weighted by molar-refractivity contribution is -0.123. The van der Waals surface area contributed by atoms with Crippen molar-refractivity contribution in [1.82, 2.24) is 10.2 Å². The number of amides is 1. The number of carbonyl (C=O) groups excluding carboxylic acids is 1. The topological polar surface area (TPSA) is 41.6 Å². The molecule has 1 amide bonds. The van der Waals surface area contributed by atoms with Crippen molar-refractivity contribution in [2.75, 3.05) is 32.8 Å². The van der Waals surface area contributed by atoms with Gasteiger partial charge in [-0.05, 0) is 62.2 Å². The van der Waals surface area contributed by atoms with Crippen LogP contribution in [0.25, 0.3) is 0 Å². The van der Waals surface area contributed by atoms with Crippen LogP contribution in [0.3, 0.4) is 0 Å². The van der Waals surface area contributed by atoms with E-state index >= 15 is 0 Å². The van der Waals surface area contributed by atoms with Gasteiger partial charge in [-0.1, -0.05) is 6.42 Å². The summed E-state index contributed by atoms with van der Waals surface area (Å²) in [5.41, 5.74) is 0. The Bertz CT molecular complexity index is 414. The van der Waals surface area contributed by atoms with Crippen LogP contribution in [0.15, 0.2) is 0 Å². The lowest BCUT2D eigenvalue weighted by Gasteiger charge is -2.34. The van der Waals surface area contributed by atoms with Gasteiger partial charge in [0.15, 0.2) is 0 Å². The number of ether oxygens (including phenoxy) is 1. The fourth-order valence-corrected chi connectivity index (χ4v) is 5.50. The van der Waals surface area contributed by atoms with E-state index in [4.69, 9.17) is 4.74 Å². The van der Waals surface area contributed by atoms with Crippen LogP contribution >= 0.6 is 0 Å². The smallest absolute Gasteiger partial charge is 0.220 e. The van der Waals surface area contributed by atoms with Gasteiger partial charge in [0.25, 0.3) is 0 Å². The molecule has 0 radical (unpaired) electrons. The summed E-state index contributed by atoms with van der Waals surface area (Å²) in [4.78, 5) is 14.9.